The maximum Gasteiger partial charge on any atom is 0.324 e. The Morgan fingerprint density at radius 3 is 2.54 bits per heavy atom. The molecule has 0 aliphatic carbocycles. The summed E-state index contributed by atoms with van der Waals surface area (Å²) in [5, 5.41) is 10.0. The van der Waals surface area contributed by atoms with Crippen LogP contribution in [0.2, 0.25) is 0 Å². The highest BCUT2D eigenvalue weighted by atomic mass is 16.4. The Balaban J connectivity index is 2.63. The summed E-state index contributed by atoms with van der Waals surface area (Å²) in [7, 11) is 0. The van der Waals surface area contributed by atoms with E-state index >= 15 is 0 Å². The minimum Gasteiger partial charge on any atom is -0.480 e. The number of rotatable bonds is 1. The van der Waals surface area contributed by atoms with Crippen LogP contribution in [-0.4, -0.2) is 52.6 Å². The number of carboxylic acid groups (broad SMARTS) is 1. The molecule has 1 rings (SSSR count). The van der Waals surface area contributed by atoms with Crippen molar-refractivity contribution in [1.29, 1.82) is 0 Å². The van der Waals surface area contributed by atoms with Crippen molar-refractivity contribution in [3.63, 3.8) is 0 Å². The monoisotopic (exact) mass is 187 g/mol. The normalized spacial score (nSPS) is 24.5. The molecule has 0 aromatic carbocycles. The molecule has 3 N–H and O–H groups in total. The Hall–Kier alpha value is -1.14. The number of carbonyl (C=O) groups is 2. The predicted molar refractivity (Wildman–Crippen MR) is 44.6 cm³/mol. The third-order valence-electron chi connectivity index (χ3n) is 2.15. The Bertz CT molecular complexity index is 231. The molecule has 1 unspecified atom stereocenters. The molecule has 74 valence electrons. The number of nitrogens with two attached hydrogens (primary N) is 1. The van der Waals surface area contributed by atoms with Gasteiger partial charge in [-0.1, -0.05) is 0 Å². The number of aliphatic carboxylic acids is 1. The van der Waals surface area contributed by atoms with Gasteiger partial charge in [-0.25, -0.2) is 5.01 Å². The molecule has 0 radical (unpaired) electrons. The van der Waals surface area contributed by atoms with Gasteiger partial charge in [-0.3, -0.25) is 15.4 Å². The molecule has 1 amide bonds. The highest BCUT2D eigenvalue weighted by Gasteiger charge is 2.31. The molecule has 1 aliphatic heterocycles. The molecule has 6 nitrogen and oxygen atoms in total. The maximum atomic E-state index is 10.9. The van der Waals surface area contributed by atoms with Crippen molar-refractivity contribution >= 4 is 11.9 Å². The summed E-state index contributed by atoms with van der Waals surface area (Å²) in [6.07, 6.45) is 0. The first-order valence-corrected chi connectivity index (χ1v) is 4.02. The van der Waals surface area contributed by atoms with Crippen LogP contribution < -0.4 is 5.84 Å². The van der Waals surface area contributed by atoms with Crippen LogP contribution in [0.15, 0.2) is 0 Å². The SMILES string of the molecule is CC(=O)N1CCN(N)C(C(=O)O)C1. The van der Waals surface area contributed by atoms with E-state index in [1.807, 2.05) is 0 Å². The standard InChI is InChI=1S/C7H13N3O3/c1-5(11)9-2-3-10(8)6(4-9)7(12)13/h6H,2-4,8H2,1H3,(H,12,13). The average molecular weight is 187 g/mol. The summed E-state index contributed by atoms with van der Waals surface area (Å²) < 4.78 is 0. The van der Waals surface area contributed by atoms with Crippen LogP contribution in [-0.2, 0) is 9.59 Å². The number of piperazine rings is 1. The van der Waals surface area contributed by atoms with Crippen molar-refractivity contribution in [3.8, 4) is 0 Å². The van der Waals surface area contributed by atoms with Gasteiger partial charge in [-0.05, 0) is 0 Å². The second kappa shape index (κ2) is 3.71. The first kappa shape index (κ1) is 9.94. The molecule has 1 heterocycles. The zero-order valence-corrected chi connectivity index (χ0v) is 7.43. The minimum absolute atomic E-state index is 0.112. The van der Waals surface area contributed by atoms with E-state index in [0.29, 0.717) is 13.1 Å². The molecule has 0 saturated carbocycles. The van der Waals surface area contributed by atoms with Crippen molar-refractivity contribution in [2.45, 2.75) is 13.0 Å². The molecule has 6 heteroatoms. The second-order valence-electron chi connectivity index (χ2n) is 3.06. The quantitative estimate of drug-likeness (QED) is 0.487. The van der Waals surface area contributed by atoms with E-state index in [4.69, 9.17) is 10.9 Å². The van der Waals surface area contributed by atoms with Crippen molar-refractivity contribution in [2.75, 3.05) is 19.6 Å². The topological polar surface area (TPSA) is 86.9 Å². The average Bonchev–Trinajstić information content (AvgIpc) is 2.04. The molecular formula is C7H13N3O3. The first-order valence-electron chi connectivity index (χ1n) is 4.02. The zero-order chi connectivity index (χ0) is 10.0. The number of hydrogen-bond donors (Lipinski definition) is 2. The Labute approximate surface area is 75.9 Å². The van der Waals surface area contributed by atoms with Gasteiger partial charge in [-0.15, -0.1) is 0 Å². The minimum atomic E-state index is -0.992. The molecule has 1 aliphatic rings. The third kappa shape index (κ3) is 2.16. The van der Waals surface area contributed by atoms with Gasteiger partial charge in [-0.2, -0.15) is 0 Å². The van der Waals surface area contributed by atoms with Crippen LogP contribution in [0.4, 0.5) is 0 Å². The van der Waals surface area contributed by atoms with E-state index in [2.05, 4.69) is 0 Å². The number of hydrogen-bond acceptors (Lipinski definition) is 4. The summed E-state index contributed by atoms with van der Waals surface area (Å²) in [6, 6.07) is -0.780. The second-order valence-corrected chi connectivity index (χ2v) is 3.06. The number of hydrazine groups is 1. The molecule has 1 fully saturated rings. The summed E-state index contributed by atoms with van der Waals surface area (Å²) in [6.45, 7) is 2.48. The smallest absolute Gasteiger partial charge is 0.324 e. The van der Waals surface area contributed by atoms with E-state index in [-0.39, 0.29) is 12.5 Å². The van der Waals surface area contributed by atoms with Crippen LogP contribution in [0.3, 0.4) is 0 Å². The van der Waals surface area contributed by atoms with Gasteiger partial charge >= 0.3 is 5.97 Å². The van der Waals surface area contributed by atoms with Crippen LogP contribution >= 0.6 is 0 Å². The number of carbonyl (C=O) groups excluding carboxylic acids is 1. The molecule has 0 aromatic heterocycles. The summed E-state index contributed by atoms with van der Waals surface area (Å²) in [5.41, 5.74) is 0. The van der Waals surface area contributed by atoms with Crippen LogP contribution in [0.5, 0.6) is 0 Å². The summed E-state index contributed by atoms with van der Waals surface area (Å²) in [5.74, 6) is 4.35. The van der Waals surface area contributed by atoms with Gasteiger partial charge in [0.2, 0.25) is 5.91 Å². The lowest BCUT2D eigenvalue weighted by Crippen LogP contribution is -2.59. The first-order chi connectivity index (χ1) is 6.02. The largest absolute Gasteiger partial charge is 0.480 e. The van der Waals surface area contributed by atoms with Crippen LogP contribution in [0, 0.1) is 0 Å². The molecular weight excluding hydrogens is 174 g/mol. The highest BCUT2D eigenvalue weighted by molar-refractivity contribution is 5.77. The van der Waals surface area contributed by atoms with Gasteiger partial charge in [0, 0.05) is 26.6 Å². The number of nitrogens with zero attached hydrogens (tertiary/aromatic N) is 2. The van der Waals surface area contributed by atoms with E-state index < -0.39 is 12.0 Å². The van der Waals surface area contributed by atoms with E-state index in [1.54, 1.807) is 0 Å². The van der Waals surface area contributed by atoms with Crippen molar-refractivity contribution in [3.05, 3.63) is 0 Å². The molecule has 0 aromatic rings. The fourth-order valence-electron chi connectivity index (χ4n) is 1.30. The predicted octanol–water partition coefficient (Wildman–Crippen LogP) is -1.52. The van der Waals surface area contributed by atoms with Gasteiger partial charge in [0.05, 0.1) is 0 Å². The van der Waals surface area contributed by atoms with Gasteiger partial charge in [0.15, 0.2) is 0 Å². The Morgan fingerprint density at radius 2 is 2.08 bits per heavy atom. The molecule has 13 heavy (non-hydrogen) atoms. The number of amides is 1. The summed E-state index contributed by atoms with van der Waals surface area (Å²) in [4.78, 5) is 23.1. The Morgan fingerprint density at radius 1 is 1.46 bits per heavy atom. The van der Waals surface area contributed by atoms with Gasteiger partial charge in [0.1, 0.15) is 6.04 Å². The fourth-order valence-corrected chi connectivity index (χ4v) is 1.30. The molecule has 0 spiro atoms. The third-order valence-corrected chi connectivity index (χ3v) is 2.15. The highest BCUT2D eigenvalue weighted by Crippen LogP contribution is 2.05. The van der Waals surface area contributed by atoms with E-state index in [0.717, 1.165) is 0 Å². The van der Waals surface area contributed by atoms with Gasteiger partial charge < -0.3 is 10.0 Å². The van der Waals surface area contributed by atoms with Crippen LogP contribution in [0.25, 0.3) is 0 Å². The molecule has 1 atom stereocenters. The lowest BCUT2D eigenvalue weighted by Gasteiger charge is -2.36. The maximum absolute atomic E-state index is 10.9. The molecule has 1 saturated heterocycles. The lowest BCUT2D eigenvalue weighted by molar-refractivity contribution is -0.148. The van der Waals surface area contributed by atoms with Gasteiger partial charge in [0.25, 0.3) is 0 Å². The van der Waals surface area contributed by atoms with E-state index in [1.165, 1.54) is 16.8 Å². The van der Waals surface area contributed by atoms with Crippen molar-refractivity contribution in [1.82, 2.24) is 9.91 Å². The van der Waals surface area contributed by atoms with Crippen molar-refractivity contribution < 1.29 is 14.7 Å². The fraction of sp³-hybridized carbons (Fsp3) is 0.714. The lowest BCUT2D eigenvalue weighted by atomic mass is 10.2. The van der Waals surface area contributed by atoms with Crippen molar-refractivity contribution in [2.24, 2.45) is 5.84 Å². The van der Waals surface area contributed by atoms with Crippen LogP contribution in [0.1, 0.15) is 6.92 Å². The summed E-state index contributed by atoms with van der Waals surface area (Å²) >= 11 is 0. The Kier molecular flexibility index (Phi) is 2.84. The molecule has 0 bridgehead atoms. The van der Waals surface area contributed by atoms with E-state index in [9.17, 15) is 9.59 Å². The number of carboxylic acids is 1. The zero-order valence-electron chi connectivity index (χ0n) is 7.43.